The van der Waals surface area contributed by atoms with E-state index in [0.717, 1.165) is 12.8 Å². The Morgan fingerprint density at radius 1 is 0.600 bits per heavy atom. The molecule has 3 aromatic rings. The summed E-state index contributed by atoms with van der Waals surface area (Å²) < 4.78 is 0. The SMILES string of the molecule is O=C(N[C@H]1C[C@@H]1c1ccccc1)[C@@H]1CN(C(=O)c2ccc(C(=O)N3CC[C@@H](O)C3)cc2)C[C@H]1C(=O)N[C@H]1C[C@@H]1c1ccccc1. The molecule has 45 heavy (non-hydrogen) atoms. The lowest BCUT2D eigenvalue weighted by molar-refractivity contribution is -0.133. The first-order chi connectivity index (χ1) is 21.9. The topological polar surface area (TPSA) is 119 Å². The van der Waals surface area contributed by atoms with Crippen LogP contribution in [-0.4, -0.2) is 82.9 Å². The molecule has 2 aliphatic carbocycles. The molecule has 9 heteroatoms. The fourth-order valence-electron chi connectivity index (χ4n) is 6.97. The summed E-state index contributed by atoms with van der Waals surface area (Å²) in [4.78, 5) is 57.0. The van der Waals surface area contributed by atoms with Gasteiger partial charge in [0.05, 0.1) is 17.9 Å². The number of carbonyl (C=O) groups excluding carboxylic acids is 4. The predicted molar refractivity (Wildman–Crippen MR) is 167 cm³/mol. The van der Waals surface area contributed by atoms with Crippen molar-refractivity contribution in [2.75, 3.05) is 26.2 Å². The molecule has 3 aromatic carbocycles. The lowest BCUT2D eigenvalue weighted by Crippen LogP contribution is -2.43. The zero-order valence-corrected chi connectivity index (χ0v) is 25.0. The third kappa shape index (κ3) is 6.22. The normalized spacial score (nSPS) is 28.4. The molecule has 4 fully saturated rings. The first-order valence-electron chi connectivity index (χ1n) is 15.9. The fourth-order valence-corrected chi connectivity index (χ4v) is 6.97. The Labute approximate surface area is 262 Å². The Morgan fingerprint density at radius 2 is 1.04 bits per heavy atom. The summed E-state index contributed by atoms with van der Waals surface area (Å²) in [5.74, 6) is -1.67. The van der Waals surface area contributed by atoms with Gasteiger partial charge in [0.25, 0.3) is 11.8 Å². The molecule has 0 aromatic heterocycles. The van der Waals surface area contributed by atoms with E-state index in [1.165, 1.54) is 11.1 Å². The van der Waals surface area contributed by atoms with E-state index in [0.29, 0.717) is 30.6 Å². The minimum atomic E-state index is -0.664. The highest BCUT2D eigenvalue weighted by Gasteiger charge is 2.49. The summed E-state index contributed by atoms with van der Waals surface area (Å²) >= 11 is 0. The molecule has 2 aliphatic heterocycles. The number of hydrogen-bond donors (Lipinski definition) is 3. The maximum atomic E-state index is 13.7. The van der Waals surface area contributed by atoms with E-state index in [1.54, 1.807) is 34.1 Å². The van der Waals surface area contributed by atoms with Gasteiger partial charge in [-0.2, -0.15) is 0 Å². The van der Waals surface area contributed by atoms with Crippen LogP contribution in [0.1, 0.15) is 62.9 Å². The second-order valence-corrected chi connectivity index (χ2v) is 12.9. The number of benzene rings is 3. The second-order valence-electron chi connectivity index (χ2n) is 12.9. The number of rotatable bonds is 8. The van der Waals surface area contributed by atoms with Crippen LogP contribution in [0.15, 0.2) is 84.9 Å². The van der Waals surface area contributed by atoms with E-state index in [2.05, 4.69) is 34.9 Å². The zero-order valence-electron chi connectivity index (χ0n) is 25.0. The van der Waals surface area contributed by atoms with E-state index < -0.39 is 17.9 Å². The van der Waals surface area contributed by atoms with Gasteiger partial charge in [0.15, 0.2) is 0 Å². The van der Waals surface area contributed by atoms with Gasteiger partial charge in [-0.1, -0.05) is 60.7 Å². The molecule has 2 heterocycles. The number of carbonyl (C=O) groups is 4. The Bertz CT molecular complexity index is 1500. The van der Waals surface area contributed by atoms with E-state index in [-0.39, 0.29) is 60.6 Å². The van der Waals surface area contributed by atoms with Gasteiger partial charge in [-0.05, 0) is 54.7 Å². The van der Waals surface area contributed by atoms with Gasteiger partial charge in [0.1, 0.15) is 0 Å². The third-order valence-electron chi connectivity index (χ3n) is 9.80. The van der Waals surface area contributed by atoms with Crippen molar-refractivity contribution in [3.05, 3.63) is 107 Å². The number of amides is 4. The molecule has 0 spiro atoms. The third-order valence-corrected chi connectivity index (χ3v) is 9.80. The van der Waals surface area contributed by atoms with E-state index in [4.69, 9.17) is 0 Å². The average Bonchev–Trinajstić information content (AvgIpc) is 3.91. The van der Waals surface area contributed by atoms with Crippen molar-refractivity contribution < 1.29 is 24.3 Å². The second kappa shape index (κ2) is 12.1. The number of likely N-dealkylation sites (tertiary alicyclic amines) is 2. The molecular formula is C36H38N4O5. The summed E-state index contributed by atoms with van der Waals surface area (Å²) in [5, 5.41) is 16.1. The number of nitrogens with one attached hydrogen (secondary N) is 2. The molecule has 2 saturated carbocycles. The van der Waals surface area contributed by atoms with Crippen molar-refractivity contribution in [2.24, 2.45) is 11.8 Å². The number of β-amino-alcohol motifs (C(OH)–C–C–N with tert-alkyl or cyclic N) is 1. The van der Waals surface area contributed by atoms with Crippen LogP contribution in [0.25, 0.3) is 0 Å². The first-order valence-corrected chi connectivity index (χ1v) is 15.9. The smallest absolute Gasteiger partial charge is 0.253 e. The summed E-state index contributed by atoms with van der Waals surface area (Å²) in [5.41, 5.74) is 3.21. The molecule has 2 saturated heterocycles. The molecule has 4 amide bonds. The lowest BCUT2D eigenvalue weighted by atomic mass is 9.94. The summed E-state index contributed by atoms with van der Waals surface area (Å²) in [6.45, 7) is 1.09. The Kier molecular flexibility index (Phi) is 7.87. The Balaban J connectivity index is 1.03. The molecule has 4 aliphatic rings. The maximum Gasteiger partial charge on any atom is 0.253 e. The molecule has 0 unspecified atom stereocenters. The van der Waals surface area contributed by atoms with Crippen molar-refractivity contribution in [2.45, 2.75) is 49.3 Å². The van der Waals surface area contributed by atoms with Gasteiger partial charge >= 0.3 is 0 Å². The predicted octanol–water partition coefficient (Wildman–Crippen LogP) is 2.93. The summed E-state index contributed by atoms with van der Waals surface area (Å²) in [6.07, 6.45) is 1.75. The van der Waals surface area contributed by atoms with Gasteiger partial charge in [-0.15, -0.1) is 0 Å². The molecule has 232 valence electrons. The van der Waals surface area contributed by atoms with Gasteiger partial charge in [0, 0.05) is 61.2 Å². The quantitative estimate of drug-likeness (QED) is 0.365. The highest BCUT2D eigenvalue weighted by Crippen LogP contribution is 2.42. The molecule has 7 rings (SSSR count). The Morgan fingerprint density at radius 3 is 1.47 bits per heavy atom. The van der Waals surface area contributed by atoms with Crippen molar-refractivity contribution in [1.82, 2.24) is 20.4 Å². The van der Waals surface area contributed by atoms with Crippen LogP contribution in [0.5, 0.6) is 0 Å². The minimum Gasteiger partial charge on any atom is -0.391 e. The van der Waals surface area contributed by atoms with Crippen LogP contribution in [0.2, 0.25) is 0 Å². The van der Waals surface area contributed by atoms with Crippen molar-refractivity contribution in [3.63, 3.8) is 0 Å². The number of nitrogens with zero attached hydrogens (tertiary/aromatic N) is 2. The van der Waals surface area contributed by atoms with E-state index in [9.17, 15) is 24.3 Å². The number of aliphatic hydroxyl groups is 1. The molecule has 0 radical (unpaired) electrons. The van der Waals surface area contributed by atoms with Gasteiger partial charge in [-0.25, -0.2) is 0 Å². The van der Waals surface area contributed by atoms with Crippen LogP contribution in [-0.2, 0) is 9.59 Å². The molecular weight excluding hydrogens is 568 g/mol. The molecule has 3 N–H and O–H groups in total. The molecule has 0 bridgehead atoms. The van der Waals surface area contributed by atoms with E-state index >= 15 is 0 Å². The summed E-state index contributed by atoms with van der Waals surface area (Å²) in [7, 11) is 0. The van der Waals surface area contributed by atoms with Crippen LogP contribution in [0.3, 0.4) is 0 Å². The highest BCUT2D eigenvalue weighted by molar-refractivity contribution is 5.99. The van der Waals surface area contributed by atoms with Crippen molar-refractivity contribution >= 4 is 23.6 Å². The number of hydrogen-bond acceptors (Lipinski definition) is 5. The maximum absolute atomic E-state index is 13.7. The number of aliphatic hydroxyl groups excluding tert-OH is 1. The lowest BCUT2D eigenvalue weighted by Gasteiger charge is -2.18. The van der Waals surface area contributed by atoms with Crippen LogP contribution >= 0.6 is 0 Å². The first kappa shape index (κ1) is 29.2. The molecule has 7 atom stereocenters. The van der Waals surface area contributed by atoms with Crippen LogP contribution < -0.4 is 10.6 Å². The monoisotopic (exact) mass is 606 g/mol. The minimum absolute atomic E-state index is 0.0149. The average molecular weight is 607 g/mol. The Hall–Kier alpha value is -4.50. The standard InChI is InChI=1S/C36H38N4O5/c41-26-15-16-39(19-26)35(44)24-11-13-25(14-12-24)36(45)40-20-29(33(42)37-31-17-27(31)22-7-3-1-4-8-22)30(21-40)34(43)38-32-18-28(32)23-9-5-2-6-10-23/h1-14,26-32,41H,15-21H2,(H,37,42)(H,38,43)/t26-,27-,28-,29-,30-,31+,32+/m1/s1. The largest absolute Gasteiger partial charge is 0.391 e. The van der Waals surface area contributed by atoms with Crippen LogP contribution in [0.4, 0.5) is 0 Å². The van der Waals surface area contributed by atoms with Crippen molar-refractivity contribution in [3.8, 4) is 0 Å². The van der Waals surface area contributed by atoms with Gasteiger partial charge in [-0.3, -0.25) is 19.2 Å². The zero-order chi connectivity index (χ0) is 31.1. The van der Waals surface area contributed by atoms with Gasteiger partial charge in [0.2, 0.25) is 11.8 Å². The van der Waals surface area contributed by atoms with Crippen molar-refractivity contribution in [1.29, 1.82) is 0 Å². The highest BCUT2D eigenvalue weighted by atomic mass is 16.3. The van der Waals surface area contributed by atoms with Gasteiger partial charge < -0.3 is 25.5 Å². The fraction of sp³-hybridized carbons (Fsp3) is 0.389. The summed E-state index contributed by atoms with van der Waals surface area (Å²) in [6, 6.07) is 26.7. The molecule has 9 nitrogen and oxygen atoms in total. The van der Waals surface area contributed by atoms with Crippen LogP contribution in [0, 0.1) is 11.8 Å². The van der Waals surface area contributed by atoms with E-state index in [1.807, 2.05) is 36.4 Å².